The molecule has 6 heteroatoms. The van der Waals surface area contributed by atoms with Gasteiger partial charge < -0.3 is 5.32 Å². The van der Waals surface area contributed by atoms with Crippen LogP contribution in [0.25, 0.3) is 11.3 Å². The first kappa shape index (κ1) is 22.5. The lowest BCUT2D eigenvalue weighted by Gasteiger charge is -2.17. The minimum atomic E-state index is -0.432. The second-order valence-corrected chi connectivity index (χ2v) is 9.34. The molecule has 0 spiro atoms. The zero-order valence-electron chi connectivity index (χ0n) is 17.5. The quantitative estimate of drug-likeness (QED) is 0.292. The molecule has 1 amide bonds. The predicted octanol–water partition coefficient (Wildman–Crippen LogP) is 7.84. The third-order valence-corrected chi connectivity index (χ3v) is 6.70. The molecule has 162 valence electrons. The van der Waals surface area contributed by atoms with Crippen LogP contribution in [0.4, 0.5) is 5.13 Å². The van der Waals surface area contributed by atoms with Crippen molar-refractivity contribution in [1.29, 1.82) is 0 Å². The molecule has 0 aliphatic rings. The summed E-state index contributed by atoms with van der Waals surface area (Å²) in [6, 6.07) is 25.0. The predicted molar refractivity (Wildman–Crippen MR) is 135 cm³/mol. The summed E-state index contributed by atoms with van der Waals surface area (Å²) >= 11 is 14.0. The van der Waals surface area contributed by atoms with Crippen LogP contribution in [0.3, 0.4) is 0 Å². The summed E-state index contributed by atoms with van der Waals surface area (Å²) in [4.78, 5) is 19.3. The number of benzene rings is 3. The first-order chi connectivity index (χ1) is 15.6. The number of nitrogens with zero attached hydrogens (tertiary/aromatic N) is 1. The van der Waals surface area contributed by atoms with Gasteiger partial charge in [0.1, 0.15) is 0 Å². The maximum atomic E-state index is 13.5. The summed E-state index contributed by atoms with van der Waals surface area (Å²) < 4.78 is 0. The molecular weight excluding hydrogens is 459 g/mol. The van der Waals surface area contributed by atoms with Crippen molar-refractivity contribution in [2.75, 3.05) is 5.32 Å². The fourth-order valence-electron chi connectivity index (χ4n) is 3.66. The largest absolute Gasteiger partial charge is 0.301 e. The maximum Gasteiger partial charge on any atom is 0.238 e. The minimum Gasteiger partial charge on any atom is -0.301 e. The summed E-state index contributed by atoms with van der Waals surface area (Å²) in [6.45, 7) is 2.12. The zero-order valence-corrected chi connectivity index (χ0v) is 19.8. The molecule has 0 radical (unpaired) electrons. The highest BCUT2D eigenvalue weighted by atomic mass is 35.5. The van der Waals surface area contributed by atoms with Crippen LogP contribution >= 0.6 is 34.5 Å². The molecule has 0 aliphatic carbocycles. The van der Waals surface area contributed by atoms with Crippen LogP contribution in [0.15, 0.2) is 78.9 Å². The number of nitrogens with one attached hydrogen (secondary N) is 1. The molecule has 32 heavy (non-hydrogen) atoms. The Bertz CT molecular complexity index is 1170. The molecule has 0 saturated carbocycles. The number of anilines is 1. The summed E-state index contributed by atoms with van der Waals surface area (Å²) in [5, 5.41) is 4.75. The van der Waals surface area contributed by atoms with E-state index in [2.05, 4.69) is 12.2 Å². The summed E-state index contributed by atoms with van der Waals surface area (Å²) in [5.41, 5.74) is 3.48. The Morgan fingerprint density at radius 2 is 1.59 bits per heavy atom. The Balaban J connectivity index is 1.68. The van der Waals surface area contributed by atoms with Crippen LogP contribution in [0.1, 0.15) is 35.3 Å². The Morgan fingerprint density at radius 3 is 2.16 bits per heavy atom. The molecule has 1 heterocycles. The van der Waals surface area contributed by atoms with Crippen molar-refractivity contribution in [3.8, 4) is 11.3 Å². The normalized spacial score (nSPS) is 11.0. The third kappa shape index (κ3) is 5.04. The van der Waals surface area contributed by atoms with Crippen molar-refractivity contribution < 1.29 is 4.79 Å². The highest BCUT2D eigenvalue weighted by Gasteiger charge is 2.24. The van der Waals surface area contributed by atoms with E-state index >= 15 is 0 Å². The Morgan fingerprint density at radius 1 is 0.969 bits per heavy atom. The molecule has 0 aliphatic heterocycles. The van der Waals surface area contributed by atoms with Gasteiger partial charge in [-0.2, -0.15) is 0 Å². The van der Waals surface area contributed by atoms with Crippen LogP contribution in [0.2, 0.25) is 10.0 Å². The van der Waals surface area contributed by atoms with E-state index in [1.165, 1.54) is 11.3 Å². The van der Waals surface area contributed by atoms with Crippen molar-refractivity contribution in [1.82, 2.24) is 4.98 Å². The highest BCUT2D eigenvalue weighted by Crippen LogP contribution is 2.37. The molecule has 0 unspecified atom stereocenters. The topological polar surface area (TPSA) is 42.0 Å². The number of carbonyl (C=O) groups is 1. The molecule has 0 saturated heterocycles. The number of carbonyl (C=O) groups excluding carboxylic acids is 1. The van der Waals surface area contributed by atoms with E-state index in [-0.39, 0.29) is 5.91 Å². The van der Waals surface area contributed by atoms with Crippen molar-refractivity contribution >= 4 is 45.6 Å². The minimum absolute atomic E-state index is 0.118. The average molecular weight is 481 g/mol. The van der Waals surface area contributed by atoms with Crippen LogP contribution < -0.4 is 5.32 Å². The van der Waals surface area contributed by atoms with E-state index in [4.69, 9.17) is 28.2 Å². The van der Waals surface area contributed by atoms with Gasteiger partial charge in [-0.1, -0.05) is 97.2 Å². The number of rotatable bonds is 7. The number of halogens is 2. The SMILES string of the molecule is CCCc1sc(NC(=O)C(c2ccccc2)c2ccccc2)nc1-c1ccc(Cl)cc1Cl. The molecule has 4 rings (SSSR count). The van der Waals surface area contributed by atoms with E-state index in [0.29, 0.717) is 15.2 Å². The van der Waals surface area contributed by atoms with Crippen molar-refractivity contribution in [2.24, 2.45) is 0 Å². The van der Waals surface area contributed by atoms with Gasteiger partial charge in [-0.15, -0.1) is 11.3 Å². The van der Waals surface area contributed by atoms with Gasteiger partial charge in [-0.25, -0.2) is 4.98 Å². The monoisotopic (exact) mass is 480 g/mol. The molecule has 4 aromatic rings. The standard InChI is InChI=1S/C26H22Cl2N2OS/c1-2-9-22-24(20-15-14-19(27)16-21(20)28)29-26(32-22)30-25(31)23(17-10-5-3-6-11-17)18-12-7-4-8-13-18/h3-8,10-16,23H,2,9H2,1H3,(H,29,30,31). The second kappa shape index (κ2) is 10.3. The van der Waals surface area contributed by atoms with Crippen molar-refractivity contribution in [2.45, 2.75) is 25.7 Å². The number of hydrogen-bond donors (Lipinski definition) is 1. The number of aromatic nitrogens is 1. The molecule has 0 atom stereocenters. The third-order valence-electron chi connectivity index (χ3n) is 5.12. The first-order valence-corrected chi connectivity index (χ1v) is 12.0. The summed E-state index contributed by atoms with van der Waals surface area (Å²) in [5.74, 6) is -0.550. The molecule has 0 fully saturated rings. The zero-order chi connectivity index (χ0) is 22.5. The van der Waals surface area contributed by atoms with Gasteiger partial charge in [0.25, 0.3) is 0 Å². The van der Waals surface area contributed by atoms with E-state index < -0.39 is 5.92 Å². The second-order valence-electron chi connectivity index (χ2n) is 7.41. The van der Waals surface area contributed by atoms with Crippen LogP contribution in [-0.2, 0) is 11.2 Å². The van der Waals surface area contributed by atoms with E-state index in [1.54, 1.807) is 12.1 Å². The number of thiazole rings is 1. The lowest BCUT2D eigenvalue weighted by molar-refractivity contribution is -0.116. The Hall–Kier alpha value is -2.66. The number of aryl methyl sites for hydroxylation is 1. The molecule has 3 aromatic carbocycles. The Labute approximate surface area is 202 Å². The first-order valence-electron chi connectivity index (χ1n) is 10.4. The Kier molecular flexibility index (Phi) is 7.26. The fourth-order valence-corrected chi connectivity index (χ4v) is 5.24. The number of amides is 1. The molecule has 3 nitrogen and oxygen atoms in total. The highest BCUT2D eigenvalue weighted by molar-refractivity contribution is 7.16. The maximum absolute atomic E-state index is 13.5. The van der Waals surface area contributed by atoms with Gasteiger partial charge in [-0.05, 0) is 35.7 Å². The molecular formula is C26H22Cl2N2OS. The van der Waals surface area contributed by atoms with E-state index in [1.807, 2.05) is 66.7 Å². The lowest BCUT2D eigenvalue weighted by atomic mass is 9.90. The summed E-state index contributed by atoms with van der Waals surface area (Å²) in [6.07, 6.45) is 1.81. The average Bonchev–Trinajstić information content (AvgIpc) is 3.17. The van der Waals surface area contributed by atoms with Crippen LogP contribution in [0.5, 0.6) is 0 Å². The van der Waals surface area contributed by atoms with E-state index in [0.717, 1.165) is 40.1 Å². The van der Waals surface area contributed by atoms with Crippen LogP contribution in [0, 0.1) is 0 Å². The van der Waals surface area contributed by atoms with Gasteiger partial charge in [0.15, 0.2) is 5.13 Å². The van der Waals surface area contributed by atoms with Gasteiger partial charge in [0.05, 0.1) is 16.6 Å². The van der Waals surface area contributed by atoms with Gasteiger partial charge in [0.2, 0.25) is 5.91 Å². The smallest absolute Gasteiger partial charge is 0.238 e. The van der Waals surface area contributed by atoms with Gasteiger partial charge >= 0.3 is 0 Å². The lowest BCUT2D eigenvalue weighted by Crippen LogP contribution is -2.22. The summed E-state index contributed by atoms with van der Waals surface area (Å²) in [7, 11) is 0. The number of hydrogen-bond acceptors (Lipinski definition) is 3. The fraction of sp³-hybridized carbons (Fsp3) is 0.154. The molecule has 1 aromatic heterocycles. The van der Waals surface area contributed by atoms with Gasteiger partial charge in [-0.3, -0.25) is 4.79 Å². The van der Waals surface area contributed by atoms with Crippen molar-refractivity contribution in [3.05, 3.63) is 105 Å². The molecule has 0 bridgehead atoms. The van der Waals surface area contributed by atoms with Gasteiger partial charge in [0, 0.05) is 15.5 Å². The van der Waals surface area contributed by atoms with Crippen LogP contribution in [-0.4, -0.2) is 10.9 Å². The van der Waals surface area contributed by atoms with Crippen molar-refractivity contribution in [3.63, 3.8) is 0 Å². The van der Waals surface area contributed by atoms with E-state index in [9.17, 15) is 4.79 Å². The molecule has 1 N–H and O–H groups in total.